The summed E-state index contributed by atoms with van der Waals surface area (Å²) in [5.41, 5.74) is 0. The number of hydrogen-bond acceptors (Lipinski definition) is 4. The number of ether oxygens (including phenoxy) is 1. The average Bonchev–Trinajstić information content (AvgIpc) is 3.01. The highest BCUT2D eigenvalue weighted by Crippen LogP contribution is 2.12. The summed E-state index contributed by atoms with van der Waals surface area (Å²) in [6.07, 6.45) is 27.7. The van der Waals surface area contributed by atoms with Crippen molar-refractivity contribution < 1.29 is 23.7 Å². The molecule has 7 nitrogen and oxygen atoms in total. The molecule has 0 aliphatic carbocycles. The van der Waals surface area contributed by atoms with E-state index in [0.717, 1.165) is 51.5 Å². The fourth-order valence-electron chi connectivity index (χ4n) is 5.37. The number of carbonyl (C=O) groups is 3. The van der Waals surface area contributed by atoms with Crippen LogP contribution in [0, 0.1) is 0 Å². The molecule has 0 saturated carbocycles. The van der Waals surface area contributed by atoms with Crippen LogP contribution in [0.3, 0.4) is 0 Å². The van der Waals surface area contributed by atoms with Crippen molar-refractivity contribution in [2.24, 2.45) is 0 Å². The van der Waals surface area contributed by atoms with Crippen molar-refractivity contribution in [1.29, 1.82) is 0 Å². The van der Waals surface area contributed by atoms with Gasteiger partial charge in [0.15, 0.2) is 12.4 Å². The zero-order chi connectivity index (χ0) is 31.2. The second-order valence-electron chi connectivity index (χ2n) is 12.0. The standard InChI is InChI=1S/C36H63N3O4/c1-3-5-6-7-8-9-12-15-19-27-34(40)37-29-22-21-26-33(36(42)43-4-2)38-35(41)28-20-16-13-10-11-14-17-23-30-39-31-24-18-25-32-39/h18,24-25,31-33H,3-17,19-23,26-30H2,1-2H3,(H-,37,38,40,41)/p+1. The Morgan fingerprint density at radius 2 is 1.16 bits per heavy atom. The first-order valence-electron chi connectivity index (χ1n) is 17.7. The monoisotopic (exact) mass is 602 g/mol. The molecule has 7 heteroatoms. The third-order valence-corrected chi connectivity index (χ3v) is 8.00. The molecule has 0 aromatic carbocycles. The molecule has 0 fully saturated rings. The zero-order valence-corrected chi connectivity index (χ0v) is 27.7. The number of nitrogens with one attached hydrogen (secondary N) is 2. The highest BCUT2D eigenvalue weighted by atomic mass is 16.5. The van der Waals surface area contributed by atoms with E-state index in [2.05, 4.69) is 46.7 Å². The molecular formula is C36H64N3O4+. The Morgan fingerprint density at radius 3 is 1.74 bits per heavy atom. The minimum Gasteiger partial charge on any atom is -0.464 e. The summed E-state index contributed by atoms with van der Waals surface area (Å²) >= 11 is 0. The van der Waals surface area contributed by atoms with Crippen molar-refractivity contribution in [3.63, 3.8) is 0 Å². The molecule has 0 bridgehead atoms. The number of carbonyl (C=O) groups excluding carboxylic acids is 3. The lowest BCUT2D eigenvalue weighted by Gasteiger charge is -2.17. The van der Waals surface area contributed by atoms with Gasteiger partial charge in [-0.05, 0) is 45.4 Å². The number of pyridine rings is 1. The fourth-order valence-corrected chi connectivity index (χ4v) is 5.37. The Bertz CT molecular complexity index is 818. The molecule has 2 amide bonds. The van der Waals surface area contributed by atoms with Crippen LogP contribution >= 0.6 is 0 Å². The minimum absolute atomic E-state index is 0.0780. The van der Waals surface area contributed by atoms with Crippen molar-refractivity contribution in [1.82, 2.24) is 10.6 Å². The van der Waals surface area contributed by atoms with Crippen LogP contribution in [-0.2, 0) is 25.7 Å². The minimum atomic E-state index is -0.612. The van der Waals surface area contributed by atoms with E-state index in [-0.39, 0.29) is 17.8 Å². The summed E-state index contributed by atoms with van der Waals surface area (Å²) in [6.45, 7) is 6.00. The molecule has 2 N–H and O–H groups in total. The summed E-state index contributed by atoms with van der Waals surface area (Å²) in [7, 11) is 0. The molecule has 0 aliphatic rings. The summed E-state index contributed by atoms with van der Waals surface area (Å²) in [4.78, 5) is 37.0. The van der Waals surface area contributed by atoms with Gasteiger partial charge in [0.05, 0.1) is 6.61 Å². The molecule has 0 radical (unpaired) electrons. The Morgan fingerprint density at radius 1 is 0.628 bits per heavy atom. The number of rotatable bonds is 29. The quantitative estimate of drug-likeness (QED) is 0.0558. The van der Waals surface area contributed by atoms with Crippen LogP contribution in [0.4, 0.5) is 0 Å². The second-order valence-corrected chi connectivity index (χ2v) is 12.0. The molecule has 1 aromatic heterocycles. The number of esters is 1. The van der Waals surface area contributed by atoms with E-state index in [9.17, 15) is 14.4 Å². The number of hydrogen-bond donors (Lipinski definition) is 2. The van der Waals surface area contributed by atoms with Crippen LogP contribution in [0.2, 0.25) is 0 Å². The third kappa shape index (κ3) is 23.7. The van der Waals surface area contributed by atoms with Gasteiger partial charge in [-0.25, -0.2) is 9.36 Å². The predicted molar refractivity (Wildman–Crippen MR) is 175 cm³/mol. The van der Waals surface area contributed by atoms with Crippen LogP contribution in [0.5, 0.6) is 0 Å². The Hall–Kier alpha value is -2.44. The Labute approximate surface area is 263 Å². The third-order valence-electron chi connectivity index (χ3n) is 8.00. The Balaban J connectivity index is 2.06. The fraction of sp³-hybridized carbons (Fsp3) is 0.778. The highest BCUT2D eigenvalue weighted by molar-refractivity contribution is 5.84. The lowest BCUT2D eigenvalue weighted by Crippen LogP contribution is -2.41. The number of aryl methyl sites for hydroxylation is 1. The van der Waals surface area contributed by atoms with Crippen molar-refractivity contribution >= 4 is 17.8 Å². The first-order valence-corrected chi connectivity index (χ1v) is 17.7. The molecule has 1 atom stereocenters. The molecule has 1 aromatic rings. The molecule has 0 aliphatic heterocycles. The van der Waals surface area contributed by atoms with Gasteiger partial charge >= 0.3 is 5.97 Å². The maximum Gasteiger partial charge on any atom is 0.328 e. The molecule has 0 saturated heterocycles. The van der Waals surface area contributed by atoms with Gasteiger partial charge in [0.2, 0.25) is 11.8 Å². The Kier molecular flexibility index (Phi) is 25.4. The van der Waals surface area contributed by atoms with Crippen LogP contribution in [0.1, 0.15) is 155 Å². The van der Waals surface area contributed by atoms with E-state index in [1.54, 1.807) is 6.92 Å². The van der Waals surface area contributed by atoms with E-state index in [1.165, 1.54) is 77.0 Å². The number of aromatic nitrogens is 1. The SMILES string of the molecule is CCCCCCCCCCCC(=O)NCCCCC(NC(=O)CCCCCCCCCC[n+]1ccccc1)C(=O)OCC. The molecular weight excluding hydrogens is 538 g/mol. The maximum absolute atomic E-state index is 12.5. The summed E-state index contributed by atoms with van der Waals surface area (Å²) in [5.74, 6) is -0.331. The van der Waals surface area contributed by atoms with Gasteiger partial charge in [-0.1, -0.05) is 96.5 Å². The van der Waals surface area contributed by atoms with E-state index in [0.29, 0.717) is 32.4 Å². The van der Waals surface area contributed by atoms with Crippen LogP contribution in [0.25, 0.3) is 0 Å². The predicted octanol–water partition coefficient (Wildman–Crippen LogP) is 7.74. The first-order chi connectivity index (χ1) is 21.1. The van der Waals surface area contributed by atoms with Crippen molar-refractivity contribution in [2.75, 3.05) is 13.2 Å². The lowest BCUT2D eigenvalue weighted by molar-refractivity contribution is -0.697. The second kappa shape index (κ2) is 28.3. The largest absolute Gasteiger partial charge is 0.464 e. The van der Waals surface area contributed by atoms with E-state index < -0.39 is 6.04 Å². The summed E-state index contributed by atoms with van der Waals surface area (Å²) < 4.78 is 7.43. The average molecular weight is 603 g/mol. The smallest absolute Gasteiger partial charge is 0.328 e. The molecule has 246 valence electrons. The summed E-state index contributed by atoms with van der Waals surface area (Å²) in [5, 5.41) is 5.89. The first kappa shape index (κ1) is 38.6. The van der Waals surface area contributed by atoms with E-state index >= 15 is 0 Å². The molecule has 0 spiro atoms. The molecule has 43 heavy (non-hydrogen) atoms. The normalized spacial score (nSPS) is 11.7. The van der Waals surface area contributed by atoms with Crippen LogP contribution in [0.15, 0.2) is 30.6 Å². The topological polar surface area (TPSA) is 88.4 Å². The number of amides is 2. The van der Waals surface area contributed by atoms with Crippen molar-refractivity contribution in [2.45, 2.75) is 168 Å². The zero-order valence-electron chi connectivity index (χ0n) is 27.7. The van der Waals surface area contributed by atoms with E-state index in [4.69, 9.17) is 4.74 Å². The lowest BCUT2D eigenvalue weighted by atomic mass is 10.1. The van der Waals surface area contributed by atoms with Crippen LogP contribution in [-0.4, -0.2) is 37.0 Å². The molecule has 1 unspecified atom stereocenters. The van der Waals surface area contributed by atoms with Crippen molar-refractivity contribution in [3.05, 3.63) is 30.6 Å². The van der Waals surface area contributed by atoms with Crippen LogP contribution < -0.4 is 15.2 Å². The van der Waals surface area contributed by atoms with Gasteiger partial charge in [-0.3, -0.25) is 9.59 Å². The van der Waals surface area contributed by atoms with E-state index in [1.807, 2.05) is 6.07 Å². The molecule has 1 rings (SSSR count). The molecule has 1 heterocycles. The maximum atomic E-state index is 12.5. The van der Waals surface area contributed by atoms with Gasteiger partial charge in [-0.2, -0.15) is 0 Å². The van der Waals surface area contributed by atoms with Gasteiger partial charge in [-0.15, -0.1) is 0 Å². The van der Waals surface area contributed by atoms with Gasteiger partial charge < -0.3 is 15.4 Å². The van der Waals surface area contributed by atoms with Gasteiger partial charge in [0, 0.05) is 37.9 Å². The number of nitrogens with zero attached hydrogens (tertiary/aromatic N) is 1. The van der Waals surface area contributed by atoms with Gasteiger partial charge in [0.25, 0.3) is 0 Å². The number of unbranched alkanes of at least 4 members (excludes halogenated alkanes) is 16. The van der Waals surface area contributed by atoms with Gasteiger partial charge in [0.1, 0.15) is 12.6 Å². The van der Waals surface area contributed by atoms with Crippen molar-refractivity contribution in [3.8, 4) is 0 Å². The summed E-state index contributed by atoms with van der Waals surface area (Å²) in [6, 6.07) is 5.57. The highest BCUT2D eigenvalue weighted by Gasteiger charge is 2.21.